The van der Waals surface area contributed by atoms with Crippen LogP contribution in [0.4, 0.5) is 0 Å². The number of Topliss-reactive ketones (excluding diaryl/α,β-unsaturated/α-hetero) is 1. The van der Waals surface area contributed by atoms with Gasteiger partial charge in [0.1, 0.15) is 23.9 Å². The number of rotatable bonds is 11. The summed E-state index contributed by atoms with van der Waals surface area (Å²) in [5.74, 6) is -4.96. The van der Waals surface area contributed by atoms with Gasteiger partial charge in [-0.1, -0.05) is 41.5 Å². The number of aliphatic hydroxyl groups excluding tert-OH is 4. The number of cyclic esters (lactones) is 1. The van der Waals surface area contributed by atoms with Crippen molar-refractivity contribution < 1.29 is 77.8 Å². The summed E-state index contributed by atoms with van der Waals surface area (Å²) in [4.78, 5) is 45.2. The number of ketones is 1. The zero-order valence-corrected chi connectivity index (χ0v) is 41.8. The topological polar surface area (TPSA) is 233 Å². The predicted octanol–water partition coefficient (Wildman–Crippen LogP) is 2.54. The molecule has 0 unspecified atom stereocenters. The van der Waals surface area contributed by atoms with Crippen molar-refractivity contribution in [1.82, 2.24) is 9.80 Å². The number of ether oxygens (including phenoxy) is 8. The average Bonchev–Trinajstić information content (AvgIpc) is 3.21. The van der Waals surface area contributed by atoms with E-state index in [2.05, 4.69) is 0 Å². The van der Waals surface area contributed by atoms with Crippen molar-refractivity contribution >= 4 is 17.7 Å². The number of carbonyl (C=O) groups excluding carboxylic acids is 3. The Bertz CT molecular complexity index is 1580. The standard InChI is InChI=1S/C47H84N2O16/c1-17-31-45(9,10)40(55)38(54)35(51)23(3)21-47(12,65-33-20-30(49(15)16)36(52)27(7)59-33)41(64-44-37(53)29(48(13)14)19-24(4)58-44)25(5)39(26(6)43(56)61-31)63-34-22-46(11,57)42(28(8)60-34)62-32(50)18-2/h23-31,33-34,36-42,44,52-55,57H,17-22H2,1-16H3/t23-,24+,25-,26+,27-,28+,29-,30+,31+,33-,34-,36+,37+,38+,39+,40-,41-,42+,44-,46+,47+/m1/s1. The van der Waals surface area contributed by atoms with Gasteiger partial charge in [-0.25, -0.2) is 0 Å². The van der Waals surface area contributed by atoms with Crippen LogP contribution in [0.25, 0.3) is 0 Å². The van der Waals surface area contributed by atoms with E-state index in [0.29, 0.717) is 6.42 Å². The highest BCUT2D eigenvalue weighted by Gasteiger charge is 2.56. The highest BCUT2D eigenvalue weighted by molar-refractivity contribution is 5.85. The van der Waals surface area contributed by atoms with Crippen LogP contribution in [-0.4, -0.2) is 191 Å². The van der Waals surface area contributed by atoms with Crippen LogP contribution in [-0.2, 0) is 52.3 Å². The van der Waals surface area contributed by atoms with Crippen molar-refractivity contribution in [2.24, 2.45) is 23.2 Å². The molecule has 4 saturated heterocycles. The molecule has 0 aliphatic carbocycles. The van der Waals surface area contributed by atoms with Gasteiger partial charge < -0.3 is 73.2 Å². The number of aliphatic hydroxyl groups is 5. The first-order chi connectivity index (χ1) is 30.0. The molecule has 0 saturated carbocycles. The summed E-state index contributed by atoms with van der Waals surface area (Å²) in [6, 6.07) is -0.793. The van der Waals surface area contributed by atoms with Crippen molar-refractivity contribution in [2.75, 3.05) is 28.2 Å². The van der Waals surface area contributed by atoms with Gasteiger partial charge in [0.2, 0.25) is 0 Å². The van der Waals surface area contributed by atoms with Gasteiger partial charge >= 0.3 is 11.9 Å². The normalized spacial score (nSPS) is 46.1. The quantitative estimate of drug-likeness (QED) is 0.187. The van der Waals surface area contributed by atoms with Gasteiger partial charge in [-0.05, 0) is 89.0 Å². The van der Waals surface area contributed by atoms with Crippen LogP contribution in [0.15, 0.2) is 0 Å². The van der Waals surface area contributed by atoms with Gasteiger partial charge in [0.05, 0.1) is 54.2 Å². The summed E-state index contributed by atoms with van der Waals surface area (Å²) in [5, 5.41) is 58.3. The summed E-state index contributed by atoms with van der Waals surface area (Å²) < 4.78 is 51.9. The van der Waals surface area contributed by atoms with Crippen LogP contribution in [0.1, 0.15) is 122 Å². The molecule has 18 heteroatoms. The minimum Gasteiger partial charge on any atom is -0.461 e. The lowest BCUT2D eigenvalue weighted by Gasteiger charge is -2.51. The summed E-state index contributed by atoms with van der Waals surface area (Å²) in [6.45, 7) is 20.2. The van der Waals surface area contributed by atoms with E-state index in [-0.39, 0.29) is 38.2 Å². The molecule has 21 atom stereocenters. The van der Waals surface area contributed by atoms with Crippen molar-refractivity contribution in [1.29, 1.82) is 0 Å². The van der Waals surface area contributed by atoms with E-state index in [9.17, 15) is 39.9 Å². The van der Waals surface area contributed by atoms with E-state index in [0.717, 1.165) is 0 Å². The molecular formula is C47H84N2O16. The second-order valence-electron chi connectivity index (χ2n) is 21.0. The van der Waals surface area contributed by atoms with Crippen LogP contribution in [0, 0.1) is 23.2 Å². The highest BCUT2D eigenvalue weighted by Crippen LogP contribution is 2.44. The number of esters is 2. The van der Waals surface area contributed by atoms with Crippen molar-refractivity contribution in [2.45, 2.75) is 231 Å². The number of carbonyl (C=O) groups is 3. The second kappa shape index (κ2) is 22.2. The molecule has 4 heterocycles. The lowest BCUT2D eigenvalue weighted by atomic mass is 9.73. The Hall–Kier alpha value is -1.91. The molecule has 4 aliphatic rings. The van der Waals surface area contributed by atoms with Crippen LogP contribution >= 0.6 is 0 Å². The minimum atomic E-state index is -1.88. The first kappa shape index (κ1) is 55.7. The molecule has 378 valence electrons. The van der Waals surface area contributed by atoms with Crippen molar-refractivity contribution in [3.05, 3.63) is 0 Å². The summed E-state index contributed by atoms with van der Waals surface area (Å²) in [5.41, 5.74) is -4.55. The molecule has 18 nitrogen and oxygen atoms in total. The zero-order valence-electron chi connectivity index (χ0n) is 41.8. The molecule has 4 fully saturated rings. The van der Waals surface area contributed by atoms with Gasteiger partial charge in [-0.15, -0.1) is 0 Å². The minimum absolute atomic E-state index is 0.0884. The molecule has 0 aromatic heterocycles. The number of nitrogens with zero attached hydrogens (tertiary/aromatic N) is 2. The molecule has 5 N–H and O–H groups in total. The fourth-order valence-corrected chi connectivity index (χ4v) is 10.6. The van der Waals surface area contributed by atoms with Crippen LogP contribution in [0.3, 0.4) is 0 Å². The highest BCUT2D eigenvalue weighted by atomic mass is 16.7. The maximum atomic E-state index is 14.6. The third kappa shape index (κ3) is 12.7. The molecule has 0 radical (unpaired) electrons. The van der Waals surface area contributed by atoms with Crippen molar-refractivity contribution in [3.63, 3.8) is 0 Å². The molecule has 0 bridgehead atoms. The summed E-state index contributed by atoms with van der Waals surface area (Å²) in [7, 11) is 7.37. The Morgan fingerprint density at radius 1 is 0.769 bits per heavy atom. The van der Waals surface area contributed by atoms with Crippen LogP contribution in [0.5, 0.6) is 0 Å². The van der Waals surface area contributed by atoms with E-state index in [1.807, 2.05) is 44.9 Å². The number of likely N-dealkylation sites (N-methyl/N-ethyl adjacent to an activating group) is 2. The second-order valence-corrected chi connectivity index (χ2v) is 21.0. The molecular weight excluding hydrogens is 849 g/mol. The Labute approximate surface area is 386 Å². The van der Waals surface area contributed by atoms with Gasteiger partial charge in [-0.2, -0.15) is 0 Å². The molecule has 0 aromatic rings. The van der Waals surface area contributed by atoms with Crippen LogP contribution < -0.4 is 0 Å². The Balaban J connectivity index is 1.96. The van der Waals surface area contributed by atoms with E-state index in [1.165, 1.54) is 6.92 Å². The number of hydrogen-bond donors (Lipinski definition) is 5. The third-order valence-electron chi connectivity index (χ3n) is 14.6. The smallest absolute Gasteiger partial charge is 0.311 e. The summed E-state index contributed by atoms with van der Waals surface area (Å²) >= 11 is 0. The average molecular weight is 933 g/mol. The first-order valence-corrected chi connectivity index (χ1v) is 23.7. The SMILES string of the molecule is CCC(=O)O[C@H]1[C@H](C)O[C@H](O[C@H]2[C@@H](C)[C@@H](O[C@H]3O[C@@H](C)C[C@@H](N(C)C)[C@@H]3O)[C@@](C)(O[C@@H]3C[C@H](N(C)C)[C@@H](O)[C@@H](C)O3)C[C@@H](C)C(=O)[C@H](O)[C@@H](O)C(C)(C)[C@H](CC)OC(=O)[C@H]2C)C[C@]1(C)O. The zero-order chi connectivity index (χ0) is 49.3. The maximum Gasteiger partial charge on any atom is 0.311 e. The molecule has 0 aromatic carbocycles. The van der Waals surface area contributed by atoms with Gasteiger partial charge in [0.25, 0.3) is 0 Å². The monoisotopic (exact) mass is 933 g/mol. The number of hydrogen-bond acceptors (Lipinski definition) is 18. The van der Waals surface area contributed by atoms with E-state index >= 15 is 0 Å². The van der Waals surface area contributed by atoms with Crippen molar-refractivity contribution in [3.8, 4) is 0 Å². The first-order valence-electron chi connectivity index (χ1n) is 23.7. The lowest BCUT2D eigenvalue weighted by Crippen LogP contribution is -2.62. The van der Waals surface area contributed by atoms with Gasteiger partial charge in [-0.3, -0.25) is 14.4 Å². The molecule has 0 amide bonds. The Morgan fingerprint density at radius 3 is 1.91 bits per heavy atom. The van der Waals surface area contributed by atoms with Crippen LogP contribution in [0.2, 0.25) is 0 Å². The summed E-state index contributed by atoms with van der Waals surface area (Å²) in [6.07, 6.45) is -14.6. The predicted molar refractivity (Wildman–Crippen MR) is 237 cm³/mol. The van der Waals surface area contributed by atoms with E-state index in [4.69, 9.17) is 37.9 Å². The van der Waals surface area contributed by atoms with Gasteiger partial charge in [0, 0.05) is 48.6 Å². The molecule has 4 aliphatic heterocycles. The maximum absolute atomic E-state index is 14.6. The third-order valence-corrected chi connectivity index (χ3v) is 14.6. The Morgan fingerprint density at radius 2 is 1.35 bits per heavy atom. The largest absolute Gasteiger partial charge is 0.461 e. The van der Waals surface area contributed by atoms with Gasteiger partial charge in [0.15, 0.2) is 30.8 Å². The molecule has 4 rings (SSSR count). The Kier molecular flexibility index (Phi) is 19.0. The van der Waals surface area contributed by atoms with E-state index < -0.39 is 144 Å². The fourth-order valence-electron chi connectivity index (χ4n) is 10.6. The molecule has 0 spiro atoms. The molecule has 65 heavy (non-hydrogen) atoms. The van der Waals surface area contributed by atoms with E-state index in [1.54, 1.807) is 69.2 Å². The fraction of sp³-hybridized carbons (Fsp3) is 0.936. The lowest BCUT2D eigenvalue weighted by molar-refractivity contribution is -0.340.